The third-order valence-corrected chi connectivity index (χ3v) is 4.29. The topological polar surface area (TPSA) is 76.0 Å². The van der Waals surface area contributed by atoms with E-state index >= 15 is 0 Å². The number of benzene rings is 2. The number of nitrogens with zero attached hydrogens (tertiary/aromatic N) is 2. The molecule has 0 atom stereocenters. The molecule has 0 spiro atoms. The van der Waals surface area contributed by atoms with Gasteiger partial charge in [-0.1, -0.05) is 35.9 Å². The van der Waals surface area contributed by atoms with Gasteiger partial charge in [0.25, 0.3) is 5.91 Å². The highest BCUT2D eigenvalue weighted by atomic mass is 35.5. The van der Waals surface area contributed by atoms with E-state index < -0.39 is 0 Å². The van der Waals surface area contributed by atoms with Crippen molar-refractivity contribution in [3.63, 3.8) is 0 Å². The van der Waals surface area contributed by atoms with Crippen molar-refractivity contribution in [3.8, 4) is 5.69 Å². The zero-order valence-electron chi connectivity index (χ0n) is 15.5. The second-order valence-electron chi connectivity index (χ2n) is 6.34. The maximum Gasteiger partial charge on any atom is 0.251 e. The van der Waals surface area contributed by atoms with Crippen LogP contribution in [0, 0.1) is 6.92 Å². The van der Waals surface area contributed by atoms with E-state index in [2.05, 4.69) is 15.7 Å². The zero-order valence-corrected chi connectivity index (χ0v) is 16.2. The molecular formula is C21H21ClN4O2. The Hall–Kier alpha value is -3.12. The minimum Gasteiger partial charge on any atom is -0.352 e. The van der Waals surface area contributed by atoms with Gasteiger partial charge in [0, 0.05) is 29.6 Å². The fraction of sp³-hybridized carbons (Fsp3) is 0.190. The second-order valence-corrected chi connectivity index (χ2v) is 6.77. The SMILES string of the molecule is Cc1cc(NC(=O)CCCNC(=O)c2ccccc2)n(-c2cccc(Cl)c2)n1. The number of nitrogens with one attached hydrogen (secondary N) is 2. The quantitative estimate of drug-likeness (QED) is 0.593. The summed E-state index contributed by atoms with van der Waals surface area (Å²) in [6, 6.07) is 18.0. The van der Waals surface area contributed by atoms with Crippen LogP contribution in [0.4, 0.5) is 5.82 Å². The molecule has 0 saturated heterocycles. The number of hydrogen-bond acceptors (Lipinski definition) is 3. The number of amides is 2. The van der Waals surface area contributed by atoms with E-state index in [-0.39, 0.29) is 18.2 Å². The molecule has 0 fully saturated rings. The predicted octanol–water partition coefficient (Wildman–Crippen LogP) is 3.98. The molecule has 0 radical (unpaired) electrons. The lowest BCUT2D eigenvalue weighted by Gasteiger charge is -2.09. The Morgan fingerprint density at radius 1 is 1.07 bits per heavy atom. The van der Waals surface area contributed by atoms with Crippen molar-refractivity contribution < 1.29 is 9.59 Å². The molecule has 3 aromatic rings. The highest BCUT2D eigenvalue weighted by Crippen LogP contribution is 2.20. The Bertz CT molecular complexity index is 970. The lowest BCUT2D eigenvalue weighted by molar-refractivity contribution is -0.116. The van der Waals surface area contributed by atoms with Crippen LogP contribution in [0.1, 0.15) is 28.9 Å². The molecule has 0 aliphatic heterocycles. The lowest BCUT2D eigenvalue weighted by Crippen LogP contribution is -2.25. The fourth-order valence-corrected chi connectivity index (χ4v) is 2.93. The van der Waals surface area contributed by atoms with Crippen LogP contribution >= 0.6 is 11.6 Å². The largest absolute Gasteiger partial charge is 0.352 e. The molecule has 0 aliphatic carbocycles. The van der Waals surface area contributed by atoms with Gasteiger partial charge >= 0.3 is 0 Å². The van der Waals surface area contributed by atoms with E-state index in [4.69, 9.17) is 11.6 Å². The van der Waals surface area contributed by atoms with Gasteiger partial charge in [-0.25, -0.2) is 4.68 Å². The standard InChI is InChI=1S/C21H21ClN4O2/c1-15-13-19(26(25-15)18-10-5-9-17(22)14-18)24-20(27)11-6-12-23-21(28)16-7-3-2-4-8-16/h2-5,7-10,13-14H,6,11-12H2,1H3,(H,23,28)(H,24,27). The number of hydrogen-bond donors (Lipinski definition) is 2. The molecule has 2 N–H and O–H groups in total. The van der Waals surface area contributed by atoms with Crippen molar-refractivity contribution in [1.29, 1.82) is 0 Å². The molecule has 1 heterocycles. The van der Waals surface area contributed by atoms with Gasteiger partial charge in [-0.2, -0.15) is 5.10 Å². The highest BCUT2D eigenvalue weighted by molar-refractivity contribution is 6.30. The van der Waals surface area contributed by atoms with Crippen LogP contribution in [0.25, 0.3) is 5.69 Å². The Balaban J connectivity index is 1.52. The van der Waals surface area contributed by atoms with Crippen molar-refractivity contribution in [2.24, 2.45) is 0 Å². The highest BCUT2D eigenvalue weighted by Gasteiger charge is 2.11. The molecular weight excluding hydrogens is 376 g/mol. The maximum atomic E-state index is 12.3. The lowest BCUT2D eigenvalue weighted by atomic mass is 10.2. The van der Waals surface area contributed by atoms with Crippen LogP contribution in [-0.2, 0) is 4.79 Å². The zero-order chi connectivity index (χ0) is 19.9. The molecule has 3 rings (SSSR count). The maximum absolute atomic E-state index is 12.3. The summed E-state index contributed by atoms with van der Waals surface area (Å²) in [6.07, 6.45) is 0.823. The Kier molecular flexibility index (Phi) is 6.45. The number of aryl methyl sites for hydroxylation is 1. The third kappa shape index (κ3) is 5.20. The average molecular weight is 397 g/mol. The van der Waals surface area contributed by atoms with Gasteiger partial charge < -0.3 is 10.6 Å². The molecule has 0 aliphatic rings. The third-order valence-electron chi connectivity index (χ3n) is 4.05. The summed E-state index contributed by atoms with van der Waals surface area (Å²) < 4.78 is 1.65. The molecule has 6 nitrogen and oxygen atoms in total. The predicted molar refractivity (Wildman–Crippen MR) is 110 cm³/mol. The number of carbonyl (C=O) groups excluding carboxylic acids is 2. The van der Waals surface area contributed by atoms with Gasteiger partial charge in [0.2, 0.25) is 5.91 Å². The van der Waals surface area contributed by atoms with Crippen LogP contribution in [0.5, 0.6) is 0 Å². The van der Waals surface area contributed by atoms with Gasteiger partial charge in [-0.15, -0.1) is 0 Å². The van der Waals surface area contributed by atoms with E-state index in [0.29, 0.717) is 29.4 Å². The van der Waals surface area contributed by atoms with E-state index in [1.54, 1.807) is 35.0 Å². The van der Waals surface area contributed by atoms with Crippen molar-refractivity contribution in [1.82, 2.24) is 15.1 Å². The molecule has 28 heavy (non-hydrogen) atoms. The van der Waals surface area contributed by atoms with Crippen molar-refractivity contribution in [3.05, 3.63) is 76.9 Å². The van der Waals surface area contributed by atoms with Crippen LogP contribution in [0.3, 0.4) is 0 Å². The van der Waals surface area contributed by atoms with Gasteiger partial charge in [-0.05, 0) is 43.7 Å². The molecule has 1 aromatic heterocycles. The van der Waals surface area contributed by atoms with Crippen LogP contribution in [-0.4, -0.2) is 28.1 Å². The fourth-order valence-electron chi connectivity index (χ4n) is 2.74. The Morgan fingerprint density at radius 3 is 2.61 bits per heavy atom. The molecule has 144 valence electrons. The van der Waals surface area contributed by atoms with Crippen molar-refractivity contribution in [2.75, 3.05) is 11.9 Å². The van der Waals surface area contributed by atoms with Crippen LogP contribution < -0.4 is 10.6 Å². The Morgan fingerprint density at radius 2 is 1.86 bits per heavy atom. The summed E-state index contributed by atoms with van der Waals surface area (Å²) in [7, 11) is 0. The van der Waals surface area contributed by atoms with Crippen molar-refractivity contribution in [2.45, 2.75) is 19.8 Å². The number of halogens is 1. The molecule has 0 bridgehead atoms. The van der Waals surface area contributed by atoms with Crippen LogP contribution in [0.2, 0.25) is 5.02 Å². The normalized spacial score (nSPS) is 10.5. The first-order chi connectivity index (χ1) is 13.5. The molecule has 2 amide bonds. The summed E-state index contributed by atoms with van der Waals surface area (Å²) in [4.78, 5) is 24.3. The Labute approximate surface area is 168 Å². The molecule has 0 unspecified atom stereocenters. The average Bonchev–Trinajstić information content (AvgIpc) is 3.06. The first-order valence-electron chi connectivity index (χ1n) is 8.98. The number of carbonyl (C=O) groups is 2. The smallest absolute Gasteiger partial charge is 0.251 e. The minimum atomic E-state index is -0.143. The summed E-state index contributed by atoms with van der Waals surface area (Å²) in [6.45, 7) is 2.28. The van der Waals surface area contributed by atoms with Crippen LogP contribution in [0.15, 0.2) is 60.7 Å². The summed E-state index contributed by atoms with van der Waals surface area (Å²) in [5, 5.41) is 10.7. The van der Waals surface area contributed by atoms with Gasteiger partial charge in [0.1, 0.15) is 5.82 Å². The number of aromatic nitrogens is 2. The number of anilines is 1. The van der Waals surface area contributed by atoms with Gasteiger partial charge in [0.05, 0.1) is 11.4 Å². The summed E-state index contributed by atoms with van der Waals surface area (Å²) in [5.41, 5.74) is 2.16. The second kappa shape index (κ2) is 9.19. The molecule has 2 aromatic carbocycles. The van der Waals surface area contributed by atoms with E-state index in [1.165, 1.54) is 0 Å². The van der Waals surface area contributed by atoms with Gasteiger partial charge in [-0.3, -0.25) is 9.59 Å². The number of rotatable bonds is 7. The summed E-state index contributed by atoms with van der Waals surface area (Å²) in [5.74, 6) is 0.297. The van der Waals surface area contributed by atoms with E-state index in [1.807, 2.05) is 37.3 Å². The molecule has 0 saturated carbocycles. The van der Waals surface area contributed by atoms with E-state index in [9.17, 15) is 9.59 Å². The first kappa shape index (κ1) is 19.6. The summed E-state index contributed by atoms with van der Waals surface area (Å²) >= 11 is 6.05. The van der Waals surface area contributed by atoms with E-state index in [0.717, 1.165) is 11.4 Å². The monoisotopic (exact) mass is 396 g/mol. The minimum absolute atomic E-state index is 0.142. The molecule has 7 heteroatoms. The van der Waals surface area contributed by atoms with Crippen molar-refractivity contribution >= 4 is 29.2 Å². The first-order valence-corrected chi connectivity index (χ1v) is 9.36. The van der Waals surface area contributed by atoms with Gasteiger partial charge in [0.15, 0.2) is 0 Å².